The van der Waals surface area contributed by atoms with E-state index in [1.54, 1.807) is 30.6 Å². The highest BCUT2D eigenvalue weighted by Gasteiger charge is 2.21. The van der Waals surface area contributed by atoms with Crippen LogP contribution < -0.4 is 14.2 Å². The molecule has 1 N–H and O–H groups in total. The van der Waals surface area contributed by atoms with Gasteiger partial charge < -0.3 is 9.47 Å². The van der Waals surface area contributed by atoms with Gasteiger partial charge in [-0.25, -0.2) is 13.1 Å². The molecule has 2 aliphatic heterocycles. The normalized spacial score (nSPS) is 17.1. The van der Waals surface area contributed by atoms with Crippen LogP contribution in [0.1, 0.15) is 5.56 Å². The van der Waals surface area contributed by atoms with Crippen LogP contribution >= 0.6 is 0 Å². The van der Waals surface area contributed by atoms with Gasteiger partial charge in [-0.1, -0.05) is 18.2 Å². The van der Waals surface area contributed by atoms with Crippen LogP contribution in [0, 0.1) is 0 Å². The van der Waals surface area contributed by atoms with Crippen LogP contribution in [0.5, 0.6) is 11.5 Å². The molecule has 1 saturated heterocycles. The Morgan fingerprint density at radius 1 is 0.969 bits per heavy atom. The van der Waals surface area contributed by atoms with E-state index in [0.717, 1.165) is 49.6 Å². The molecule has 0 amide bonds. The van der Waals surface area contributed by atoms with Crippen LogP contribution in [0.3, 0.4) is 0 Å². The number of sulfonamides is 1. The molecule has 9 heteroatoms. The maximum absolute atomic E-state index is 12.8. The van der Waals surface area contributed by atoms with Gasteiger partial charge in [0.15, 0.2) is 11.5 Å². The number of benzene rings is 2. The molecule has 8 nitrogen and oxygen atoms in total. The van der Waals surface area contributed by atoms with E-state index in [1.165, 1.54) is 5.56 Å². The van der Waals surface area contributed by atoms with Crippen LogP contribution in [-0.2, 0) is 16.6 Å². The molecule has 1 fully saturated rings. The van der Waals surface area contributed by atoms with Gasteiger partial charge >= 0.3 is 0 Å². The molecule has 32 heavy (non-hydrogen) atoms. The number of fused-ring (bicyclic) bond motifs is 2. The van der Waals surface area contributed by atoms with E-state index >= 15 is 0 Å². The summed E-state index contributed by atoms with van der Waals surface area (Å²) in [5.74, 6) is 1.62. The number of hydrogen-bond acceptors (Lipinski definition) is 7. The third kappa shape index (κ3) is 4.56. The van der Waals surface area contributed by atoms with Crippen molar-refractivity contribution in [3.63, 3.8) is 0 Å². The summed E-state index contributed by atoms with van der Waals surface area (Å²) < 4.78 is 39.3. The zero-order valence-electron chi connectivity index (χ0n) is 17.7. The molecule has 2 aromatic carbocycles. The summed E-state index contributed by atoms with van der Waals surface area (Å²) in [4.78, 5) is 9.07. The van der Waals surface area contributed by atoms with Gasteiger partial charge in [0.1, 0.15) is 0 Å². The number of pyridine rings is 1. The van der Waals surface area contributed by atoms with E-state index in [1.807, 2.05) is 18.2 Å². The second-order valence-electron chi connectivity index (χ2n) is 8.06. The van der Waals surface area contributed by atoms with Crippen molar-refractivity contribution in [3.05, 3.63) is 60.4 Å². The zero-order valence-corrected chi connectivity index (χ0v) is 18.6. The number of hydrogen-bond donors (Lipinski definition) is 1. The number of rotatable bonds is 7. The average molecular weight is 455 g/mol. The first kappa shape index (κ1) is 21.1. The van der Waals surface area contributed by atoms with Crippen molar-refractivity contribution >= 4 is 20.8 Å². The van der Waals surface area contributed by atoms with E-state index in [4.69, 9.17) is 9.47 Å². The molecular weight excluding hydrogens is 428 g/mol. The minimum Gasteiger partial charge on any atom is -0.454 e. The molecule has 5 rings (SSSR count). The fourth-order valence-corrected chi connectivity index (χ4v) is 5.46. The maximum Gasteiger partial charge on any atom is 0.241 e. The number of nitrogens with zero attached hydrogens (tertiary/aromatic N) is 3. The van der Waals surface area contributed by atoms with E-state index < -0.39 is 10.0 Å². The van der Waals surface area contributed by atoms with Gasteiger partial charge in [0.2, 0.25) is 16.8 Å². The summed E-state index contributed by atoms with van der Waals surface area (Å²) >= 11 is 0. The Morgan fingerprint density at radius 2 is 1.78 bits per heavy atom. The molecule has 2 aliphatic rings. The topological polar surface area (TPSA) is 84.0 Å². The van der Waals surface area contributed by atoms with Crippen molar-refractivity contribution in [2.75, 3.05) is 46.1 Å². The maximum atomic E-state index is 12.8. The number of nitrogens with one attached hydrogen (secondary N) is 1. The lowest BCUT2D eigenvalue weighted by molar-refractivity contribution is 0.129. The van der Waals surface area contributed by atoms with Gasteiger partial charge in [-0.05, 0) is 29.8 Å². The first-order valence-corrected chi connectivity index (χ1v) is 12.2. The number of aromatic nitrogens is 1. The highest BCUT2D eigenvalue weighted by molar-refractivity contribution is 7.89. The molecule has 0 atom stereocenters. The Labute approximate surface area is 187 Å². The molecule has 0 bridgehead atoms. The van der Waals surface area contributed by atoms with Crippen molar-refractivity contribution in [1.29, 1.82) is 0 Å². The summed E-state index contributed by atoms with van der Waals surface area (Å²) in [6.45, 7) is 5.93. The van der Waals surface area contributed by atoms with Gasteiger partial charge in [0.05, 0.1) is 4.90 Å². The molecule has 0 saturated carbocycles. The van der Waals surface area contributed by atoms with Crippen molar-refractivity contribution in [2.24, 2.45) is 0 Å². The second kappa shape index (κ2) is 9.03. The smallest absolute Gasteiger partial charge is 0.241 e. The fraction of sp³-hybridized carbons (Fsp3) is 0.348. The molecule has 0 aliphatic carbocycles. The first-order valence-electron chi connectivity index (χ1n) is 10.7. The zero-order chi connectivity index (χ0) is 22.0. The molecular formula is C23H26N4O4S. The average Bonchev–Trinajstić information content (AvgIpc) is 3.28. The van der Waals surface area contributed by atoms with Crippen LogP contribution in [0.25, 0.3) is 10.8 Å². The fourth-order valence-electron chi connectivity index (χ4n) is 4.21. The Hall–Kier alpha value is -2.72. The number of ether oxygens (including phenoxy) is 2. The summed E-state index contributed by atoms with van der Waals surface area (Å²) in [5, 5.41) is 1.50. The highest BCUT2D eigenvalue weighted by atomic mass is 32.2. The van der Waals surface area contributed by atoms with E-state index in [2.05, 4.69) is 25.6 Å². The van der Waals surface area contributed by atoms with Crippen molar-refractivity contribution in [3.8, 4) is 11.5 Å². The molecule has 3 aromatic rings. The second-order valence-corrected chi connectivity index (χ2v) is 9.79. The lowest BCUT2D eigenvalue weighted by atomic mass is 10.1. The molecule has 168 valence electrons. The van der Waals surface area contributed by atoms with Crippen molar-refractivity contribution in [1.82, 2.24) is 19.5 Å². The van der Waals surface area contributed by atoms with Gasteiger partial charge in [-0.15, -0.1) is 0 Å². The minimum atomic E-state index is -3.58. The SMILES string of the molecule is O=S(=O)(NCCN1CCN(Cc2ccc3c(c2)OCO3)CC1)c1cccc2cnccc12. The van der Waals surface area contributed by atoms with Gasteiger partial charge in [0.25, 0.3) is 0 Å². The Morgan fingerprint density at radius 3 is 2.66 bits per heavy atom. The summed E-state index contributed by atoms with van der Waals surface area (Å²) in [6.07, 6.45) is 3.29. The molecule has 0 unspecified atom stereocenters. The lowest BCUT2D eigenvalue weighted by Gasteiger charge is -2.34. The van der Waals surface area contributed by atoms with Crippen molar-refractivity contribution < 1.29 is 17.9 Å². The van der Waals surface area contributed by atoms with Gasteiger partial charge in [0, 0.05) is 69.0 Å². The summed E-state index contributed by atoms with van der Waals surface area (Å²) in [6, 6.07) is 13.1. The Kier molecular flexibility index (Phi) is 5.97. The molecule has 3 heterocycles. The van der Waals surface area contributed by atoms with Crippen molar-refractivity contribution in [2.45, 2.75) is 11.4 Å². The van der Waals surface area contributed by atoms with Crippen LogP contribution in [-0.4, -0.2) is 69.3 Å². The standard InChI is InChI=1S/C23H26N4O4S/c28-32(29,23-3-1-2-19-15-24-7-6-20(19)23)25-8-9-26-10-12-27(13-11-26)16-18-4-5-21-22(14-18)31-17-30-21/h1-7,14-15,25H,8-13,16-17H2. The highest BCUT2D eigenvalue weighted by Crippen LogP contribution is 2.32. The number of piperazine rings is 1. The third-order valence-electron chi connectivity index (χ3n) is 5.96. The van der Waals surface area contributed by atoms with Crippen LogP contribution in [0.15, 0.2) is 59.8 Å². The predicted octanol–water partition coefficient (Wildman–Crippen LogP) is 2.06. The van der Waals surface area contributed by atoms with Gasteiger partial charge in [-0.3, -0.25) is 14.8 Å². The van der Waals surface area contributed by atoms with E-state index in [9.17, 15) is 8.42 Å². The summed E-state index contributed by atoms with van der Waals surface area (Å²) in [7, 11) is -3.58. The quantitative estimate of drug-likeness (QED) is 0.585. The Bertz CT molecular complexity index is 1200. The first-order chi connectivity index (χ1) is 15.6. The molecule has 1 aromatic heterocycles. The monoisotopic (exact) mass is 454 g/mol. The minimum absolute atomic E-state index is 0.291. The van der Waals surface area contributed by atoms with E-state index in [-0.39, 0.29) is 0 Å². The summed E-state index contributed by atoms with van der Waals surface area (Å²) in [5.41, 5.74) is 1.21. The third-order valence-corrected chi connectivity index (χ3v) is 7.48. The largest absolute Gasteiger partial charge is 0.454 e. The van der Waals surface area contributed by atoms with Crippen LogP contribution in [0.4, 0.5) is 0 Å². The molecule has 0 spiro atoms. The lowest BCUT2D eigenvalue weighted by Crippen LogP contribution is -2.48. The van der Waals surface area contributed by atoms with E-state index in [0.29, 0.717) is 30.2 Å². The Balaban J connectivity index is 1.11. The van der Waals surface area contributed by atoms with Crippen LogP contribution in [0.2, 0.25) is 0 Å². The predicted molar refractivity (Wildman–Crippen MR) is 121 cm³/mol. The van der Waals surface area contributed by atoms with Gasteiger partial charge in [-0.2, -0.15) is 0 Å². The molecule has 0 radical (unpaired) electrons.